The second-order valence-corrected chi connectivity index (χ2v) is 7.02. The maximum Gasteiger partial charge on any atom is 0.0731 e. The van der Waals surface area contributed by atoms with E-state index >= 15 is 0 Å². The van der Waals surface area contributed by atoms with Gasteiger partial charge in [-0.3, -0.25) is 4.68 Å². The van der Waals surface area contributed by atoms with Gasteiger partial charge in [-0.05, 0) is 54.4 Å². The molecular weight excluding hydrogens is 322 g/mol. The Morgan fingerprint density at radius 3 is 2.79 bits per heavy atom. The Bertz CT molecular complexity index is 513. The summed E-state index contributed by atoms with van der Waals surface area (Å²) in [6.07, 6.45) is 5.24. The van der Waals surface area contributed by atoms with E-state index in [-0.39, 0.29) is 6.04 Å². The lowest BCUT2D eigenvalue weighted by Gasteiger charge is -2.15. The molecule has 0 amide bonds. The minimum Gasteiger partial charge on any atom is -0.306 e. The van der Waals surface area contributed by atoms with Crippen molar-refractivity contribution >= 4 is 27.3 Å². The van der Waals surface area contributed by atoms with Gasteiger partial charge in [0.1, 0.15) is 0 Å². The number of aromatic nitrogens is 2. The van der Waals surface area contributed by atoms with Gasteiger partial charge in [-0.1, -0.05) is 6.92 Å². The molecule has 0 fully saturated rings. The maximum absolute atomic E-state index is 4.39. The highest BCUT2D eigenvalue weighted by molar-refractivity contribution is 9.11. The van der Waals surface area contributed by atoms with Gasteiger partial charge in [-0.15, -0.1) is 11.3 Å². The molecule has 5 heteroatoms. The first-order valence-corrected chi connectivity index (χ1v) is 8.28. The van der Waals surface area contributed by atoms with Crippen LogP contribution in [-0.4, -0.2) is 16.3 Å². The number of hydrogen-bond acceptors (Lipinski definition) is 3. The third kappa shape index (κ3) is 3.46. The molecule has 0 aliphatic carbocycles. The van der Waals surface area contributed by atoms with Crippen LogP contribution in [0.4, 0.5) is 0 Å². The monoisotopic (exact) mass is 341 g/mol. The number of nitrogens with one attached hydrogen (secondary N) is 1. The van der Waals surface area contributed by atoms with E-state index in [1.54, 1.807) is 11.3 Å². The summed E-state index contributed by atoms with van der Waals surface area (Å²) in [7, 11) is 0. The molecule has 19 heavy (non-hydrogen) atoms. The molecule has 1 N–H and O–H groups in total. The average molecular weight is 342 g/mol. The standard InChI is InChI=1S/C14H20BrN3S/c1-4-6-16-13(11-8-17-18(5-2)9-11)12-7-10(3)14(15)19-12/h7-9,13,16H,4-6H2,1-3H3. The predicted molar refractivity (Wildman–Crippen MR) is 84.8 cm³/mol. The molecule has 2 heterocycles. The molecule has 104 valence electrons. The van der Waals surface area contributed by atoms with E-state index in [0.29, 0.717) is 0 Å². The van der Waals surface area contributed by atoms with Crippen LogP contribution in [0.25, 0.3) is 0 Å². The Labute approximate surface area is 127 Å². The van der Waals surface area contributed by atoms with Crippen LogP contribution in [-0.2, 0) is 6.54 Å². The molecule has 1 atom stereocenters. The summed E-state index contributed by atoms with van der Waals surface area (Å²) in [6, 6.07) is 2.50. The zero-order chi connectivity index (χ0) is 13.8. The van der Waals surface area contributed by atoms with Crippen molar-refractivity contribution in [1.29, 1.82) is 0 Å². The number of rotatable bonds is 6. The summed E-state index contributed by atoms with van der Waals surface area (Å²) in [5.41, 5.74) is 2.54. The highest BCUT2D eigenvalue weighted by atomic mass is 79.9. The van der Waals surface area contributed by atoms with Gasteiger partial charge in [-0.25, -0.2) is 0 Å². The van der Waals surface area contributed by atoms with E-state index < -0.39 is 0 Å². The lowest BCUT2D eigenvalue weighted by Crippen LogP contribution is -2.22. The third-order valence-corrected chi connectivity index (χ3v) is 5.27. The first-order valence-electron chi connectivity index (χ1n) is 6.67. The Morgan fingerprint density at radius 2 is 2.26 bits per heavy atom. The molecule has 0 saturated carbocycles. The van der Waals surface area contributed by atoms with Crippen LogP contribution in [0.15, 0.2) is 22.2 Å². The Kier molecular flexibility index (Phi) is 5.19. The van der Waals surface area contributed by atoms with Gasteiger partial charge in [0.2, 0.25) is 0 Å². The van der Waals surface area contributed by atoms with E-state index in [1.807, 2.05) is 10.9 Å². The maximum atomic E-state index is 4.39. The highest BCUT2D eigenvalue weighted by Crippen LogP contribution is 2.34. The topological polar surface area (TPSA) is 29.9 Å². The lowest BCUT2D eigenvalue weighted by atomic mass is 10.1. The van der Waals surface area contributed by atoms with Gasteiger partial charge in [0.25, 0.3) is 0 Å². The van der Waals surface area contributed by atoms with Crippen molar-refractivity contribution in [2.24, 2.45) is 0 Å². The van der Waals surface area contributed by atoms with E-state index in [4.69, 9.17) is 0 Å². The average Bonchev–Trinajstić information content (AvgIpc) is 2.98. The van der Waals surface area contributed by atoms with Gasteiger partial charge in [0, 0.05) is 23.2 Å². The fourth-order valence-electron chi connectivity index (χ4n) is 2.00. The molecule has 0 aliphatic heterocycles. The van der Waals surface area contributed by atoms with Crippen LogP contribution >= 0.6 is 27.3 Å². The third-order valence-electron chi connectivity index (χ3n) is 3.07. The molecule has 0 aliphatic rings. The Hall–Kier alpha value is -0.650. The molecule has 0 aromatic carbocycles. The van der Waals surface area contributed by atoms with E-state index in [9.17, 15) is 0 Å². The molecule has 2 rings (SSSR count). The lowest BCUT2D eigenvalue weighted by molar-refractivity contribution is 0.603. The number of halogens is 1. The number of hydrogen-bond donors (Lipinski definition) is 1. The Morgan fingerprint density at radius 1 is 1.47 bits per heavy atom. The zero-order valence-corrected chi connectivity index (χ0v) is 14.0. The number of nitrogens with zero attached hydrogens (tertiary/aromatic N) is 2. The van der Waals surface area contributed by atoms with E-state index in [1.165, 1.54) is 19.8 Å². The number of aryl methyl sites for hydroxylation is 2. The van der Waals surface area contributed by atoms with Crippen molar-refractivity contribution in [2.75, 3.05) is 6.54 Å². The summed E-state index contributed by atoms with van der Waals surface area (Å²) in [6.45, 7) is 8.35. The molecule has 1 unspecified atom stereocenters. The van der Waals surface area contributed by atoms with Crippen molar-refractivity contribution in [3.05, 3.63) is 38.3 Å². The van der Waals surface area contributed by atoms with Crippen molar-refractivity contribution in [3.63, 3.8) is 0 Å². The first kappa shape index (κ1) is 14.8. The van der Waals surface area contributed by atoms with Gasteiger partial charge in [-0.2, -0.15) is 5.10 Å². The van der Waals surface area contributed by atoms with Crippen molar-refractivity contribution < 1.29 is 0 Å². The van der Waals surface area contributed by atoms with Crippen molar-refractivity contribution in [1.82, 2.24) is 15.1 Å². The second kappa shape index (κ2) is 6.68. The predicted octanol–water partition coefficient (Wildman–Crippen LogP) is 4.12. The summed E-state index contributed by atoms with van der Waals surface area (Å²) in [5, 5.41) is 8.00. The molecule has 3 nitrogen and oxygen atoms in total. The highest BCUT2D eigenvalue weighted by Gasteiger charge is 2.18. The van der Waals surface area contributed by atoms with E-state index in [2.05, 4.69) is 59.4 Å². The largest absolute Gasteiger partial charge is 0.306 e. The fraction of sp³-hybridized carbons (Fsp3) is 0.500. The molecule has 0 bridgehead atoms. The van der Waals surface area contributed by atoms with E-state index in [0.717, 1.165) is 19.5 Å². The van der Waals surface area contributed by atoms with Crippen LogP contribution in [0.5, 0.6) is 0 Å². The molecule has 0 radical (unpaired) electrons. The van der Waals surface area contributed by atoms with Gasteiger partial charge >= 0.3 is 0 Å². The summed E-state index contributed by atoms with van der Waals surface area (Å²) < 4.78 is 3.19. The zero-order valence-electron chi connectivity index (χ0n) is 11.6. The summed E-state index contributed by atoms with van der Waals surface area (Å²) in [5.74, 6) is 0. The minimum absolute atomic E-state index is 0.246. The minimum atomic E-state index is 0.246. The molecule has 2 aromatic heterocycles. The second-order valence-electron chi connectivity index (χ2n) is 4.62. The smallest absolute Gasteiger partial charge is 0.0731 e. The fourth-order valence-corrected chi connectivity index (χ4v) is 3.67. The molecular formula is C14H20BrN3S. The summed E-state index contributed by atoms with van der Waals surface area (Å²) in [4.78, 5) is 1.34. The van der Waals surface area contributed by atoms with Crippen molar-refractivity contribution in [2.45, 2.75) is 39.8 Å². The van der Waals surface area contributed by atoms with Crippen LogP contribution in [0.2, 0.25) is 0 Å². The van der Waals surface area contributed by atoms with Gasteiger partial charge in [0.15, 0.2) is 0 Å². The SMILES string of the molecule is CCCNC(c1cnn(CC)c1)c1cc(C)c(Br)s1. The number of thiophene rings is 1. The Balaban J connectivity index is 2.29. The summed E-state index contributed by atoms with van der Waals surface area (Å²) >= 11 is 5.42. The first-order chi connectivity index (χ1) is 9.15. The molecule has 0 spiro atoms. The molecule has 2 aromatic rings. The van der Waals surface area contributed by atoms with Crippen LogP contribution in [0, 0.1) is 6.92 Å². The quantitative estimate of drug-likeness (QED) is 0.856. The van der Waals surface area contributed by atoms with Crippen LogP contribution in [0.3, 0.4) is 0 Å². The normalized spacial score (nSPS) is 12.8. The van der Waals surface area contributed by atoms with Gasteiger partial charge in [0.05, 0.1) is 16.0 Å². The van der Waals surface area contributed by atoms with Crippen LogP contribution < -0.4 is 5.32 Å². The van der Waals surface area contributed by atoms with Crippen LogP contribution in [0.1, 0.15) is 42.3 Å². The van der Waals surface area contributed by atoms with Gasteiger partial charge < -0.3 is 5.32 Å². The van der Waals surface area contributed by atoms with Crippen molar-refractivity contribution in [3.8, 4) is 0 Å². The molecule has 0 saturated heterocycles.